The number of rotatable bonds is 3. The third kappa shape index (κ3) is 3.72. The maximum atomic E-state index is 12.3. The minimum absolute atomic E-state index is 0.0924. The van der Waals surface area contributed by atoms with E-state index in [1.165, 1.54) is 7.11 Å². The van der Waals surface area contributed by atoms with Gasteiger partial charge in [-0.25, -0.2) is 4.79 Å². The SMILES string of the molecule is COC(=O)N[C@H](C(=O)C(C)(C)C)C1CCCC1. The van der Waals surface area contributed by atoms with Crippen LogP contribution in [0.4, 0.5) is 4.79 Å². The summed E-state index contributed by atoms with van der Waals surface area (Å²) in [6.45, 7) is 5.66. The highest BCUT2D eigenvalue weighted by Crippen LogP contribution is 2.31. The van der Waals surface area contributed by atoms with Gasteiger partial charge in [-0.1, -0.05) is 33.6 Å². The van der Waals surface area contributed by atoms with Crippen LogP contribution in [0, 0.1) is 11.3 Å². The van der Waals surface area contributed by atoms with Gasteiger partial charge < -0.3 is 10.1 Å². The normalized spacial score (nSPS) is 18.8. The molecule has 1 N–H and O–H groups in total. The molecule has 0 aromatic heterocycles. The van der Waals surface area contributed by atoms with Gasteiger partial charge in [-0.3, -0.25) is 4.79 Å². The van der Waals surface area contributed by atoms with Crippen molar-refractivity contribution in [3.05, 3.63) is 0 Å². The molecule has 1 fully saturated rings. The van der Waals surface area contributed by atoms with Crippen molar-refractivity contribution in [1.29, 1.82) is 0 Å². The number of hydrogen-bond donors (Lipinski definition) is 1. The molecule has 1 aliphatic rings. The van der Waals surface area contributed by atoms with Crippen LogP contribution in [-0.2, 0) is 9.53 Å². The van der Waals surface area contributed by atoms with Crippen molar-refractivity contribution >= 4 is 11.9 Å². The van der Waals surface area contributed by atoms with Crippen molar-refractivity contribution in [2.45, 2.75) is 52.5 Å². The first-order chi connectivity index (χ1) is 7.86. The van der Waals surface area contributed by atoms with E-state index in [9.17, 15) is 9.59 Å². The topological polar surface area (TPSA) is 55.4 Å². The zero-order valence-corrected chi connectivity index (χ0v) is 11.2. The van der Waals surface area contributed by atoms with Crippen LogP contribution in [0.3, 0.4) is 0 Å². The van der Waals surface area contributed by atoms with E-state index in [0.29, 0.717) is 0 Å². The molecular weight excluding hydrogens is 218 g/mol. The van der Waals surface area contributed by atoms with Gasteiger partial charge in [0.05, 0.1) is 13.2 Å². The lowest BCUT2D eigenvalue weighted by Gasteiger charge is -2.29. The molecule has 0 heterocycles. The number of ketones is 1. The second-order valence-electron chi connectivity index (χ2n) is 5.77. The Bertz CT molecular complexity index is 288. The summed E-state index contributed by atoms with van der Waals surface area (Å²) in [5.74, 6) is 0.357. The summed E-state index contributed by atoms with van der Waals surface area (Å²) in [5, 5.41) is 2.70. The van der Waals surface area contributed by atoms with Gasteiger partial charge in [0.15, 0.2) is 5.78 Å². The zero-order chi connectivity index (χ0) is 13.1. The lowest BCUT2D eigenvalue weighted by atomic mass is 9.81. The van der Waals surface area contributed by atoms with Crippen LogP contribution in [-0.4, -0.2) is 25.0 Å². The van der Waals surface area contributed by atoms with Crippen LogP contribution < -0.4 is 5.32 Å². The van der Waals surface area contributed by atoms with Crippen molar-refractivity contribution in [3.63, 3.8) is 0 Å². The number of methoxy groups -OCH3 is 1. The monoisotopic (exact) mass is 241 g/mol. The van der Waals surface area contributed by atoms with Crippen LogP contribution in [0.15, 0.2) is 0 Å². The number of Topliss-reactive ketones (excluding diaryl/α,β-unsaturated/α-hetero) is 1. The Balaban J connectivity index is 2.78. The van der Waals surface area contributed by atoms with Crippen LogP contribution in [0.25, 0.3) is 0 Å². The van der Waals surface area contributed by atoms with Gasteiger partial charge in [0.2, 0.25) is 0 Å². The third-order valence-electron chi connectivity index (χ3n) is 3.35. The zero-order valence-electron chi connectivity index (χ0n) is 11.2. The second-order valence-corrected chi connectivity index (χ2v) is 5.77. The number of nitrogens with one attached hydrogen (secondary N) is 1. The highest BCUT2D eigenvalue weighted by Gasteiger charge is 2.37. The largest absolute Gasteiger partial charge is 0.453 e. The van der Waals surface area contributed by atoms with Crippen molar-refractivity contribution in [2.24, 2.45) is 11.3 Å². The van der Waals surface area contributed by atoms with E-state index in [1.807, 2.05) is 20.8 Å². The van der Waals surface area contributed by atoms with Gasteiger partial charge in [-0.2, -0.15) is 0 Å². The van der Waals surface area contributed by atoms with Gasteiger partial charge in [0, 0.05) is 5.41 Å². The summed E-state index contributed by atoms with van der Waals surface area (Å²) >= 11 is 0. The van der Waals surface area contributed by atoms with Crippen molar-refractivity contribution < 1.29 is 14.3 Å². The molecule has 0 spiro atoms. The molecular formula is C13H23NO3. The van der Waals surface area contributed by atoms with Crippen LogP contribution in [0.1, 0.15) is 46.5 Å². The van der Waals surface area contributed by atoms with Gasteiger partial charge >= 0.3 is 6.09 Å². The fourth-order valence-corrected chi connectivity index (χ4v) is 2.34. The summed E-state index contributed by atoms with van der Waals surface area (Å²) in [6, 6.07) is -0.398. The Hall–Kier alpha value is -1.06. The van der Waals surface area contributed by atoms with E-state index in [-0.39, 0.29) is 11.7 Å². The van der Waals surface area contributed by atoms with Gasteiger partial charge in [0.1, 0.15) is 0 Å². The number of amides is 1. The fourth-order valence-electron chi connectivity index (χ4n) is 2.34. The van der Waals surface area contributed by atoms with E-state index in [4.69, 9.17) is 0 Å². The third-order valence-corrected chi connectivity index (χ3v) is 3.35. The predicted octanol–water partition coefficient (Wildman–Crippen LogP) is 2.52. The molecule has 0 aromatic carbocycles. The molecule has 0 radical (unpaired) electrons. The molecule has 1 atom stereocenters. The van der Waals surface area contributed by atoms with E-state index in [1.54, 1.807) is 0 Å². The first-order valence-electron chi connectivity index (χ1n) is 6.25. The Morgan fingerprint density at radius 1 is 1.24 bits per heavy atom. The molecule has 4 heteroatoms. The van der Waals surface area contributed by atoms with E-state index < -0.39 is 17.6 Å². The molecule has 0 unspecified atom stereocenters. The van der Waals surface area contributed by atoms with Crippen molar-refractivity contribution in [3.8, 4) is 0 Å². The molecule has 1 rings (SSSR count). The average molecular weight is 241 g/mol. The van der Waals surface area contributed by atoms with Gasteiger partial charge in [-0.05, 0) is 18.8 Å². The van der Waals surface area contributed by atoms with Gasteiger partial charge in [-0.15, -0.1) is 0 Å². The molecule has 0 aliphatic heterocycles. The number of alkyl carbamates (subject to hydrolysis) is 1. The van der Waals surface area contributed by atoms with Crippen LogP contribution in [0.5, 0.6) is 0 Å². The average Bonchev–Trinajstić information content (AvgIpc) is 2.76. The standard InChI is InChI=1S/C13H23NO3/c1-13(2,3)11(15)10(14-12(16)17-4)9-7-5-6-8-9/h9-10H,5-8H2,1-4H3,(H,14,16)/t10-/m0/s1. The van der Waals surface area contributed by atoms with E-state index in [2.05, 4.69) is 10.1 Å². The van der Waals surface area contributed by atoms with Crippen molar-refractivity contribution in [2.75, 3.05) is 7.11 Å². The minimum atomic E-state index is -0.514. The summed E-state index contributed by atoms with van der Waals surface area (Å²) in [6.07, 6.45) is 3.79. The summed E-state index contributed by atoms with van der Waals surface area (Å²) < 4.78 is 4.60. The molecule has 98 valence electrons. The lowest BCUT2D eigenvalue weighted by Crippen LogP contribution is -2.49. The number of carbonyl (C=O) groups excluding carboxylic acids is 2. The lowest BCUT2D eigenvalue weighted by molar-refractivity contribution is -0.129. The van der Waals surface area contributed by atoms with Gasteiger partial charge in [0.25, 0.3) is 0 Å². The highest BCUT2D eigenvalue weighted by atomic mass is 16.5. The summed E-state index contributed by atoms with van der Waals surface area (Å²) in [5.41, 5.74) is -0.436. The van der Waals surface area contributed by atoms with Crippen LogP contribution in [0.2, 0.25) is 0 Å². The fraction of sp³-hybridized carbons (Fsp3) is 0.846. The van der Waals surface area contributed by atoms with E-state index in [0.717, 1.165) is 25.7 Å². The Morgan fingerprint density at radius 2 is 1.76 bits per heavy atom. The second kappa shape index (κ2) is 5.52. The molecule has 1 aliphatic carbocycles. The summed E-state index contributed by atoms with van der Waals surface area (Å²) in [7, 11) is 1.32. The smallest absolute Gasteiger partial charge is 0.407 e. The Kier molecular flexibility index (Phi) is 4.54. The predicted molar refractivity (Wildman–Crippen MR) is 65.7 cm³/mol. The first-order valence-corrected chi connectivity index (χ1v) is 6.25. The summed E-state index contributed by atoms with van der Waals surface area (Å²) in [4.78, 5) is 23.7. The maximum Gasteiger partial charge on any atom is 0.407 e. The molecule has 0 saturated heterocycles. The quantitative estimate of drug-likeness (QED) is 0.826. The molecule has 1 amide bonds. The maximum absolute atomic E-state index is 12.3. The number of hydrogen-bond acceptors (Lipinski definition) is 3. The molecule has 1 saturated carbocycles. The molecule has 0 aromatic rings. The number of carbonyl (C=O) groups is 2. The molecule has 0 bridgehead atoms. The molecule has 17 heavy (non-hydrogen) atoms. The van der Waals surface area contributed by atoms with Crippen molar-refractivity contribution in [1.82, 2.24) is 5.32 Å². The number of ether oxygens (including phenoxy) is 1. The first kappa shape index (κ1) is 14.0. The Labute approximate surface area is 103 Å². The van der Waals surface area contributed by atoms with E-state index >= 15 is 0 Å². The highest BCUT2D eigenvalue weighted by molar-refractivity contribution is 5.91. The Morgan fingerprint density at radius 3 is 2.18 bits per heavy atom. The van der Waals surface area contributed by atoms with Crippen LogP contribution >= 0.6 is 0 Å². The minimum Gasteiger partial charge on any atom is -0.453 e. The molecule has 4 nitrogen and oxygen atoms in total.